The summed E-state index contributed by atoms with van der Waals surface area (Å²) in [5, 5.41) is 11.0. The van der Waals surface area contributed by atoms with Crippen LogP contribution in [0.2, 0.25) is 0 Å². The predicted molar refractivity (Wildman–Crippen MR) is 231 cm³/mol. The molecule has 2 aromatic heterocycles. The third kappa shape index (κ3) is 8.02. The molecule has 1 unspecified atom stereocenters. The molecule has 5 aliphatic heterocycles. The number of nitrogens with one attached hydrogen (secondary N) is 2. The molecule has 4 amide bonds. The molecule has 0 radical (unpaired) electrons. The zero-order valence-corrected chi connectivity index (χ0v) is 35.6. The number of halogens is 1. The normalized spacial score (nSPS) is 24.5. The zero-order valence-electron chi connectivity index (χ0n) is 35.6. The number of carbonyl (C=O) groups is 4. The van der Waals surface area contributed by atoms with Gasteiger partial charge in [0.15, 0.2) is 0 Å². The van der Waals surface area contributed by atoms with Crippen LogP contribution in [0.1, 0.15) is 92.4 Å². The quantitative estimate of drug-likeness (QED) is 0.196. The molecule has 4 aromatic rings. The van der Waals surface area contributed by atoms with Crippen molar-refractivity contribution in [1.29, 1.82) is 0 Å². The monoisotopic (exact) mass is 846 g/mol. The van der Waals surface area contributed by atoms with Gasteiger partial charge in [-0.05, 0) is 108 Å². The number of H-pyrrole nitrogens is 1. The maximum Gasteiger partial charge on any atom is 0.262 e. The van der Waals surface area contributed by atoms with E-state index < -0.39 is 35.3 Å². The number of imide groups is 2. The molecule has 0 bridgehead atoms. The molecule has 0 spiro atoms. The molecule has 2 atom stereocenters. The molecule has 326 valence electrons. The summed E-state index contributed by atoms with van der Waals surface area (Å²) < 4.78 is 22.5. The molecule has 62 heavy (non-hydrogen) atoms. The minimum atomic E-state index is -1.16. The fourth-order valence-corrected chi connectivity index (χ4v) is 10.1. The van der Waals surface area contributed by atoms with Gasteiger partial charge in [0, 0.05) is 88.5 Å². The molecule has 4 saturated heterocycles. The topological polar surface area (TPSA) is 160 Å². The number of likely N-dealkylation sites (tertiary alicyclic amines) is 1. The van der Waals surface area contributed by atoms with Crippen LogP contribution in [0.5, 0.6) is 5.75 Å². The van der Waals surface area contributed by atoms with Crippen molar-refractivity contribution >= 4 is 46.0 Å². The van der Waals surface area contributed by atoms with E-state index in [0.29, 0.717) is 36.3 Å². The highest BCUT2D eigenvalue weighted by atomic mass is 19.1. The number of hydrogen-bond acceptors (Lipinski definition) is 12. The number of rotatable bonds is 11. The standard InChI is InChI=1S/C46H55FN10O5/c1-29-26-56(39-25-37(48-28-49-39)41-35-24-32(62-45(2)11-12-45)4-6-36(35)51-52-41)22-21-54(29)20-15-46(47)13-18-53(19-14-46)27-30-9-16-55(17-10-30)31-3-5-33-34(23-31)44(61)57(43(33)60)38-7-8-40(58)50-42(38)59/h3-6,23-25,28-30,38H,7-22,26-27H2,1-2H3,(H,51,52)(H,50,58,59)/t29-,38?/m0/s1. The molecule has 10 rings (SSSR count). The van der Waals surface area contributed by atoms with Gasteiger partial charge in [-0.1, -0.05) is 0 Å². The Morgan fingerprint density at radius 3 is 2.40 bits per heavy atom. The molecule has 15 nitrogen and oxygen atoms in total. The van der Waals surface area contributed by atoms with Crippen LogP contribution in [0.15, 0.2) is 48.8 Å². The first-order valence-electron chi connectivity index (χ1n) is 22.4. The van der Waals surface area contributed by atoms with Gasteiger partial charge in [-0.3, -0.25) is 39.4 Å². The molecule has 7 heterocycles. The van der Waals surface area contributed by atoms with Crippen molar-refractivity contribution in [3.8, 4) is 17.1 Å². The van der Waals surface area contributed by atoms with Crippen molar-refractivity contribution in [1.82, 2.24) is 40.2 Å². The van der Waals surface area contributed by atoms with Gasteiger partial charge in [-0.2, -0.15) is 5.10 Å². The molecule has 1 aliphatic carbocycles. The minimum Gasteiger partial charge on any atom is -0.488 e. The van der Waals surface area contributed by atoms with Gasteiger partial charge in [0.1, 0.15) is 40.9 Å². The maximum atomic E-state index is 16.3. The van der Waals surface area contributed by atoms with Crippen molar-refractivity contribution in [2.45, 2.75) is 95.0 Å². The highest BCUT2D eigenvalue weighted by Crippen LogP contribution is 2.41. The second-order valence-electron chi connectivity index (χ2n) is 18.7. The van der Waals surface area contributed by atoms with E-state index in [0.717, 1.165) is 129 Å². The number of hydrogen-bond donors (Lipinski definition) is 2. The van der Waals surface area contributed by atoms with Gasteiger partial charge in [0.25, 0.3) is 11.8 Å². The minimum absolute atomic E-state index is 0.0670. The first kappa shape index (κ1) is 40.6. The van der Waals surface area contributed by atoms with E-state index in [1.54, 1.807) is 18.5 Å². The fraction of sp³-hybridized carbons (Fsp3) is 0.543. The van der Waals surface area contributed by atoms with E-state index in [1.807, 2.05) is 30.3 Å². The second-order valence-corrected chi connectivity index (χ2v) is 18.7. The Bertz CT molecular complexity index is 2400. The Labute approximate surface area is 360 Å². The van der Waals surface area contributed by atoms with Crippen LogP contribution in [0.3, 0.4) is 0 Å². The van der Waals surface area contributed by atoms with Gasteiger partial charge in [0.05, 0.1) is 22.3 Å². The molecule has 2 aromatic carbocycles. The molecule has 1 saturated carbocycles. The summed E-state index contributed by atoms with van der Waals surface area (Å²) in [6.07, 6.45) is 7.59. The summed E-state index contributed by atoms with van der Waals surface area (Å²) in [5.74, 6) is 0.234. The number of benzene rings is 2. The van der Waals surface area contributed by atoms with Gasteiger partial charge < -0.3 is 19.4 Å². The average Bonchev–Trinajstić information content (AvgIpc) is 3.76. The Hall–Kier alpha value is -5.48. The fourth-order valence-electron chi connectivity index (χ4n) is 10.1. The van der Waals surface area contributed by atoms with E-state index in [-0.39, 0.29) is 24.5 Å². The number of nitrogens with zero attached hydrogens (tertiary/aromatic N) is 8. The Morgan fingerprint density at radius 2 is 1.65 bits per heavy atom. The number of aromatic nitrogens is 4. The first-order chi connectivity index (χ1) is 29.9. The summed E-state index contributed by atoms with van der Waals surface area (Å²) in [6, 6.07) is 12.7. The third-order valence-corrected chi connectivity index (χ3v) is 14.4. The van der Waals surface area contributed by atoms with Crippen LogP contribution in [0, 0.1) is 5.92 Å². The van der Waals surface area contributed by atoms with Crippen LogP contribution in [-0.4, -0.2) is 141 Å². The molecule has 5 fully saturated rings. The second kappa shape index (κ2) is 16.0. The van der Waals surface area contributed by atoms with Gasteiger partial charge in [0.2, 0.25) is 11.8 Å². The lowest BCUT2D eigenvalue weighted by Crippen LogP contribution is -2.54. The number of piperidine rings is 3. The summed E-state index contributed by atoms with van der Waals surface area (Å²) in [4.78, 5) is 70.3. The largest absolute Gasteiger partial charge is 0.488 e. The third-order valence-electron chi connectivity index (χ3n) is 14.4. The number of fused-ring (bicyclic) bond motifs is 2. The van der Waals surface area contributed by atoms with E-state index in [9.17, 15) is 19.2 Å². The van der Waals surface area contributed by atoms with Crippen LogP contribution >= 0.6 is 0 Å². The van der Waals surface area contributed by atoms with Crippen molar-refractivity contribution in [2.24, 2.45) is 5.92 Å². The van der Waals surface area contributed by atoms with E-state index in [4.69, 9.17) is 4.74 Å². The number of ether oxygens (including phenoxy) is 1. The predicted octanol–water partition coefficient (Wildman–Crippen LogP) is 4.97. The van der Waals surface area contributed by atoms with Crippen molar-refractivity contribution in [2.75, 3.05) is 68.7 Å². The number of anilines is 2. The SMILES string of the molecule is C[C@H]1CN(c2cc(-c3n[nH]c4ccc(OC5(C)CC5)cc34)ncn2)CCN1CCC1(F)CCN(CC2CCN(c3ccc4c(c3)C(=O)N(C3CCC(=O)NC3=O)C4=O)CC2)CC1. The highest BCUT2D eigenvalue weighted by Gasteiger charge is 2.45. The van der Waals surface area contributed by atoms with Crippen LogP contribution < -0.4 is 19.9 Å². The zero-order chi connectivity index (χ0) is 42.8. The van der Waals surface area contributed by atoms with E-state index >= 15 is 4.39 Å². The average molecular weight is 847 g/mol. The number of amides is 4. The summed E-state index contributed by atoms with van der Waals surface area (Å²) in [7, 11) is 0. The maximum absolute atomic E-state index is 16.3. The van der Waals surface area contributed by atoms with Gasteiger partial charge >= 0.3 is 0 Å². The first-order valence-corrected chi connectivity index (χ1v) is 22.4. The van der Waals surface area contributed by atoms with Crippen molar-refractivity contribution < 1.29 is 28.3 Å². The number of carbonyl (C=O) groups excluding carboxylic acids is 4. The van der Waals surface area contributed by atoms with Crippen molar-refractivity contribution in [3.63, 3.8) is 0 Å². The Balaban J connectivity index is 0.672. The molecule has 6 aliphatic rings. The van der Waals surface area contributed by atoms with Crippen molar-refractivity contribution in [3.05, 3.63) is 59.9 Å². The lowest BCUT2D eigenvalue weighted by atomic mass is 9.88. The van der Waals surface area contributed by atoms with Crippen LogP contribution in [0.4, 0.5) is 15.9 Å². The van der Waals surface area contributed by atoms with E-state index in [2.05, 4.69) is 58.9 Å². The summed E-state index contributed by atoms with van der Waals surface area (Å²) in [6.45, 7) is 11.7. The lowest BCUT2D eigenvalue weighted by Gasteiger charge is -2.43. The Kier molecular flexibility index (Phi) is 10.5. The number of aromatic amines is 1. The molecule has 2 N–H and O–H groups in total. The van der Waals surface area contributed by atoms with Gasteiger partial charge in [-0.25, -0.2) is 14.4 Å². The van der Waals surface area contributed by atoms with Crippen LogP contribution in [-0.2, 0) is 9.59 Å². The molecule has 16 heteroatoms. The number of piperazine rings is 1. The molecular weight excluding hydrogens is 792 g/mol. The van der Waals surface area contributed by atoms with Crippen LogP contribution in [0.25, 0.3) is 22.3 Å². The summed E-state index contributed by atoms with van der Waals surface area (Å²) in [5.41, 5.74) is 2.73. The smallest absolute Gasteiger partial charge is 0.262 e. The van der Waals surface area contributed by atoms with Gasteiger partial charge in [-0.15, -0.1) is 0 Å². The molecular formula is C46H55FN10O5. The summed E-state index contributed by atoms with van der Waals surface area (Å²) >= 11 is 0. The lowest BCUT2D eigenvalue weighted by molar-refractivity contribution is -0.136. The highest BCUT2D eigenvalue weighted by molar-refractivity contribution is 6.23. The number of alkyl halides is 1. The Morgan fingerprint density at radius 1 is 0.855 bits per heavy atom. The van der Waals surface area contributed by atoms with E-state index in [1.165, 1.54) is 0 Å².